The molecule has 10 nitrogen and oxygen atoms in total. The van der Waals surface area contributed by atoms with Crippen molar-refractivity contribution in [3.05, 3.63) is 190 Å². The van der Waals surface area contributed by atoms with Gasteiger partial charge in [-0.25, -0.2) is 30.0 Å². The van der Waals surface area contributed by atoms with E-state index in [1.165, 1.54) is 0 Å². The topological polar surface area (TPSA) is 102 Å². The van der Waals surface area contributed by atoms with Crippen LogP contribution in [0.1, 0.15) is 33.4 Å². The summed E-state index contributed by atoms with van der Waals surface area (Å²) in [5.74, 6) is 4.51. The molecule has 2 aromatic heterocycles. The van der Waals surface area contributed by atoms with E-state index in [1.807, 2.05) is 121 Å². The Bertz CT molecular complexity index is 3110. The fraction of sp³-hybridized carbons (Fsp3) is 0.0435. The number of hydrogen-bond donors (Lipinski definition) is 0. The number of amidine groups is 4. The van der Waals surface area contributed by atoms with Crippen LogP contribution in [0.15, 0.2) is 176 Å². The van der Waals surface area contributed by atoms with Crippen LogP contribution in [0, 0.1) is 13.8 Å². The minimum atomic E-state index is -4.41. The molecular weight excluding hydrogens is 725 g/mol. The van der Waals surface area contributed by atoms with Crippen molar-refractivity contribution in [2.45, 2.75) is 13.8 Å². The van der Waals surface area contributed by atoms with Gasteiger partial charge >= 0.3 is 8.88 Å². The molecule has 0 radical (unpaired) electrons. The molecule has 0 atom stereocenters. The fourth-order valence-corrected chi connectivity index (χ4v) is 11.4. The summed E-state index contributed by atoms with van der Waals surface area (Å²) < 4.78 is 19.5. The molecule has 0 aliphatic carbocycles. The van der Waals surface area contributed by atoms with Gasteiger partial charge in [-0.1, -0.05) is 132 Å². The lowest BCUT2D eigenvalue weighted by Crippen LogP contribution is -2.68. The molecule has 0 fully saturated rings. The molecule has 12 rings (SSSR count). The molecule has 6 bridgehead atoms. The monoisotopic (exact) mass is 754 g/mol. The number of rotatable bonds is 4. The predicted molar refractivity (Wildman–Crippen MR) is 225 cm³/mol. The highest BCUT2D eigenvalue weighted by Gasteiger charge is 2.57. The van der Waals surface area contributed by atoms with E-state index < -0.39 is 8.88 Å². The van der Waals surface area contributed by atoms with Crippen molar-refractivity contribution in [2.24, 2.45) is 30.0 Å². The molecule has 270 valence electrons. The zero-order valence-electron chi connectivity index (χ0n) is 30.8. The second kappa shape index (κ2) is 11.7. The summed E-state index contributed by atoms with van der Waals surface area (Å²) >= 11 is 0. The molecule has 0 spiro atoms. The van der Waals surface area contributed by atoms with Gasteiger partial charge in [0.1, 0.15) is 34.1 Å². The Kier molecular flexibility index (Phi) is 6.56. The zero-order chi connectivity index (χ0) is 37.8. The van der Waals surface area contributed by atoms with Crippen molar-refractivity contribution in [1.29, 1.82) is 0 Å². The van der Waals surface area contributed by atoms with Gasteiger partial charge in [0.15, 0.2) is 23.3 Å². The van der Waals surface area contributed by atoms with Gasteiger partial charge in [0, 0.05) is 43.8 Å². The molecule has 0 amide bonds. The van der Waals surface area contributed by atoms with Crippen LogP contribution in [0.2, 0.25) is 0 Å². The van der Waals surface area contributed by atoms with Gasteiger partial charge in [-0.15, -0.1) is 0 Å². The molecule has 57 heavy (non-hydrogen) atoms. The molecule has 0 N–H and O–H groups in total. The van der Waals surface area contributed by atoms with Crippen LogP contribution in [0.3, 0.4) is 0 Å². The zero-order valence-corrected chi connectivity index (χ0v) is 31.8. The van der Waals surface area contributed by atoms with Crippen LogP contribution in [-0.4, -0.2) is 40.7 Å². The van der Waals surface area contributed by atoms with Crippen molar-refractivity contribution in [3.63, 3.8) is 0 Å². The number of fused-ring (bicyclic) bond motifs is 14. The molecule has 4 aliphatic rings. The largest absolute Gasteiger partial charge is 0.738 e. The molecule has 6 aromatic carbocycles. The fourth-order valence-electron chi connectivity index (χ4n) is 8.16. The molecule has 0 saturated carbocycles. The summed E-state index contributed by atoms with van der Waals surface area (Å²) in [7, 11) is -4.41. The van der Waals surface area contributed by atoms with Gasteiger partial charge in [0.2, 0.25) is 0 Å². The van der Waals surface area contributed by atoms with Crippen LogP contribution in [-0.2, 0) is 0 Å². The predicted octanol–water partition coefficient (Wildman–Crippen LogP) is 8.15. The first kappa shape index (κ1) is 31.8. The summed E-state index contributed by atoms with van der Waals surface area (Å²) in [4.78, 5) is 32.3. The number of benzene rings is 6. The van der Waals surface area contributed by atoms with E-state index in [1.54, 1.807) is 0 Å². The summed E-state index contributed by atoms with van der Waals surface area (Å²) in [6.45, 7) is 4.12. The first-order chi connectivity index (χ1) is 28.0. The van der Waals surface area contributed by atoms with Gasteiger partial charge in [-0.3, -0.25) is 8.47 Å². The van der Waals surface area contributed by atoms with E-state index in [0.29, 0.717) is 57.5 Å². The first-order valence-corrected chi connectivity index (χ1v) is 20.5. The summed E-state index contributed by atoms with van der Waals surface area (Å²) in [5.41, 5.74) is 6.88. The minimum Gasteiger partial charge on any atom is -0.480 e. The number of nitrogens with zero attached hydrogens (tertiary/aromatic N) is 8. The number of aromatic nitrogens is 2. The van der Waals surface area contributed by atoms with Gasteiger partial charge in [0.25, 0.3) is 0 Å². The number of aryl methyl sites for hydroxylation is 2. The smallest absolute Gasteiger partial charge is 0.480 e. The Balaban J connectivity index is 1.38. The van der Waals surface area contributed by atoms with Gasteiger partial charge in [0.05, 0.1) is 0 Å². The lowest BCUT2D eigenvalue weighted by molar-refractivity contribution is 0.345. The summed E-state index contributed by atoms with van der Waals surface area (Å²) in [6.07, 6.45) is 0. The van der Waals surface area contributed by atoms with Crippen molar-refractivity contribution in [3.8, 4) is 11.5 Å². The van der Waals surface area contributed by atoms with E-state index in [9.17, 15) is 0 Å². The Hall–Kier alpha value is -7.50. The molecule has 4 aliphatic heterocycles. The minimum absolute atomic E-state index is 0.537. The van der Waals surface area contributed by atoms with E-state index in [-0.39, 0.29) is 0 Å². The number of hydrogen-bond acceptors (Lipinski definition) is 8. The highest BCUT2D eigenvalue weighted by atomic mass is 28.4. The quantitative estimate of drug-likeness (QED) is 0.169. The third-order valence-corrected chi connectivity index (χ3v) is 13.8. The first-order valence-electron chi connectivity index (χ1n) is 18.8. The molecule has 6 heterocycles. The van der Waals surface area contributed by atoms with Gasteiger partial charge in [-0.2, -0.15) is 0 Å². The molecule has 11 heteroatoms. The Labute approximate surface area is 326 Å². The van der Waals surface area contributed by atoms with Gasteiger partial charge < -0.3 is 8.85 Å². The van der Waals surface area contributed by atoms with Gasteiger partial charge in [-0.05, 0) is 38.1 Å². The third-order valence-electron chi connectivity index (χ3n) is 10.9. The maximum absolute atomic E-state index is 7.67. The van der Waals surface area contributed by atoms with Crippen LogP contribution >= 0.6 is 0 Å². The highest BCUT2D eigenvalue weighted by molar-refractivity contribution is 6.67. The normalized spacial score (nSPS) is 18.4. The molecule has 0 saturated heterocycles. The molecule has 0 unspecified atom stereocenters. The second-order valence-corrected chi connectivity index (χ2v) is 16.9. The van der Waals surface area contributed by atoms with Crippen molar-refractivity contribution < 1.29 is 8.85 Å². The van der Waals surface area contributed by atoms with E-state index in [4.69, 9.17) is 38.8 Å². The van der Waals surface area contributed by atoms with Crippen molar-refractivity contribution in [1.82, 2.24) is 8.47 Å². The maximum atomic E-state index is 7.67. The van der Waals surface area contributed by atoms with E-state index in [2.05, 4.69) is 46.6 Å². The molecule has 8 aromatic rings. The van der Waals surface area contributed by atoms with E-state index >= 15 is 0 Å². The van der Waals surface area contributed by atoms with Crippen LogP contribution < -0.4 is 19.8 Å². The van der Waals surface area contributed by atoms with Crippen LogP contribution in [0.4, 0.5) is 11.6 Å². The lowest BCUT2D eigenvalue weighted by atomic mass is 10.1. The standard InChI is InChI=1S/C46H30N8O2Si/c1-27-19-23-29(24-20-27)55-57(56-30-25-21-28(2)22-26-30)53-43-35-15-7-8-16-36(35)45(53)51-41-33-13-5-6-14-34(33)42(48-41)52-46-38-18-10-9-17-37(38)44(54(46)57)50-40-32-12-4-3-11-31(32)39(47-40)49-43/h3-26H,1-2H3/b49-39-,49-43?,50-40?,50-44-,51-41-,51-45?,52-42?,52-46-. The van der Waals surface area contributed by atoms with Crippen molar-refractivity contribution in [2.75, 3.05) is 0 Å². The second-order valence-electron chi connectivity index (χ2n) is 14.5. The average Bonchev–Trinajstić information content (AvgIpc) is 3.96. The maximum Gasteiger partial charge on any atom is 0.738 e. The van der Waals surface area contributed by atoms with Crippen LogP contribution in [0.25, 0.3) is 21.5 Å². The summed E-state index contributed by atoms with van der Waals surface area (Å²) in [6, 6.07) is 48.7. The van der Waals surface area contributed by atoms with Crippen LogP contribution in [0.5, 0.6) is 11.5 Å². The Morgan fingerprint density at radius 1 is 0.368 bits per heavy atom. The molecular formula is C46H30N8O2Si. The summed E-state index contributed by atoms with van der Waals surface area (Å²) in [5, 5.41) is 3.41. The Morgan fingerprint density at radius 2 is 0.719 bits per heavy atom. The average molecular weight is 755 g/mol. The lowest BCUT2D eigenvalue weighted by Gasteiger charge is -2.33. The number of aliphatic imine (C=N–C) groups is 4. The van der Waals surface area contributed by atoms with E-state index in [0.717, 1.165) is 54.9 Å². The SMILES string of the molecule is Cc1ccc(O[Si]2(Oc3ccc(C)cc3)n3c4c5ccccc5c3/N=C3N=C(/N=c5/c6ccccc6/c(n52)=N/C2=NC(=N\4)/c4ccccc42)c2ccccc2\3)cc1. The van der Waals surface area contributed by atoms with Crippen molar-refractivity contribution >= 4 is 65.4 Å². The Morgan fingerprint density at radius 3 is 1.12 bits per heavy atom. The third kappa shape index (κ3) is 4.63. The highest BCUT2D eigenvalue weighted by Crippen LogP contribution is 2.44.